The number of anilines is 1. The maximum absolute atomic E-state index is 13.0. The van der Waals surface area contributed by atoms with Crippen LogP contribution in [0, 0.1) is 0 Å². The van der Waals surface area contributed by atoms with Crippen molar-refractivity contribution in [1.29, 1.82) is 0 Å². The second-order valence-corrected chi connectivity index (χ2v) is 7.74. The van der Waals surface area contributed by atoms with E-state index in [0.717, 1.165) is 23.4 Å². The molecular formula is C21H20N6O3. The molecule has 1 aliphatic heterocycles. The van der Waals surface area contributed by atoms with E-state index in [4.69, 9.17) is 9.47 Å². The Morgan fingerprint density at radius 1 is 1.37 bits per heavy atom. The molecule has 0 bridgehead atoms. The van der Waals surface area contributed by atoms with Crippen LogP contribution in [0.25, 0.3) is 5.65 Å². The summed E-state index contributed by atoms with van der Waals surface area (Å²) < 4.78 is 13.5. The molecule has 4 heterocycles. The Kier molecular flexibility index (Phi) is 4.16. The number of ether oxygens (including phenoxy) is 2. The first-order chi connectivity index (χ1) is 14.5. The minimum Gasteiger partial charge on any atom is -0.487 e. The number of imidazole rings is 1. The standard InChI is InChI=1S/C21H20N6O3/c1-21(2)8-13-6-16(18(7-17(13)30-21)29-11-14-9-22-12-24-14)26-20(28)15-10-25-27-5-3-4-23-19(15)27/h3-7,9-10,12H,8,11H2,1-2H3,(H,22,24)(H,26,28). The summed E-state index contributed by atoms with van der Waals surface area (Å²) >= 11 is 0. The number of carbonyl (C=O) groups is 1. The van der Waals surface area contributed by atoms with Crippen molar-refractivity contribution < 1.29 is 14.3 Å². The Balaban J connectivity index is 1.47. The lowest BCUT2D eigenvalue weighted by Crippen LogP contribution is -2.24. The van der Waals surface area contributed by atoms with Crippen LogP contribution in [-0.2, 0) is 13.0 Å². The first kappa shape index (κ1) is 18.2. The molecule has 152 valence electrons. The van der Waals surface area contributed by atoms with Crippen molar-refractivity contribution in [3.63, 3.8) is 0 Å². The number of benzene rings is 1. The van der Waals surface area contributed by atoms with Gasteiger partial charge in [0.2, 0.25) is 0 Å². The minimum atomic E-state index is -0.313. The summed E-state index contributed by atoms with van der Waals surface area (Å²) in [7, 11) is 0. The van der Waals surface area contributed by atoms with Crippen LogP contribution in [0.4, 0.5) is 5.69 Å². The third kappa shape index (κ3) is 3.34. The molecule has 3 aromatic heterocycles. The number of hydrogen-bond acceptors (Lipinski definition) is 6. The summed E-state index contributed by atoms with van der Waals surface area (Å²) in [4.78, 5) is 24.3. The predicted octanol–water partition coefficient (Wildman–Crippen LogP) is 3.00. The number of fused-ring (bicyclic) bond motifs is 2. The fourth-order valence-electron chi connectivity index (χ4n) is 3.55. The van der Waals surface area contributed by atoms with Crippen LogP contribution in [0.5, 0.6) is 11.5 Å². The van der Waals surface area contributed by atoms with Crippen molar-refractivity contribution in [1.82, 2.24) is 24.6 Å². The van der Waals surface area contributed by atoms with E-state index in [1.807, 2.05) is 26.0 Å². The third-order valence-corrected chi connectivity index (χ3v) is 4.87. The maximum Gasteiger partial charge on any atom is 0.261 e. The largest absolute Gasteiger partial charge is 0.487 e. The molecule has 1 amide bonds. The lowest BCUT2D eigenvalue weighted by Gasteiger charge is -2.17. The highest BCUT2D eigenvalue weighted by atomic mass is 16.5. The zero-order valence-corrected chi connectivity index (χ0v) is 16.5. The van der Waals surface area contributed by atoms with Gasteiger partial charge in [-0.05, 0) is 26.0 Å². The normalized spacial score (nSPS) is 14.3. The average Bonchev–Trinajstić information content (AvgIpc) is 3.43. The van der Waals surface area contributed by atoms with Crippen molar-refractivity contribution in [3.8, 4) is 11.5 Å². The monoisotopic (exact) mass is 404 g/mol. The van der Waals surface area contributed by atoms with Gasteiger partial charge in [0.15, 0.2) is 5.65 Å². The summed E-state index contributed by atoms with van der Waals surface area (Å²) in [5.41, 5.74) is 2.88. The Morgan fingerprint density at radius 2 is 2.27 bits per heavy atom. The summed E-state index contributed by atoms with van der Waals surface area (Å²) in [6.07, 6.45) is 8.96. The van der Waals surface area contributed by atoms with E-state index in [0.29, 0.717) is 22.6 Å². The molecule has 30 heavy (non-hydrogen) atoms. The topological polar surface area (TPSA) is 106 Å². The van der Waals surface area contributed by atoms with Gasteiger partial charge < -0.3 is 19.8 Å². The van der Waals surface area contributed by atoms with Crippen molar-refractivity contribution in [2.24, 2.45) is 0 Å². The van der Waals surface area contributed by atoms with Gasteiger partial charge in [-0.1, -0.05) is 0 Å². The number of carbonyl (C=O) groups excluding carboxylic acids is 1. The molecule has 0 saturated carbocycles. The molecule has 4 aromatic rings. The van der Waals surface area contributed by atoms with Gasteiger partial charge in [0, 0.05) is 36.6 Å². The van der Waals surface area contributed by atoms with Gasteiger partial charge in [0.1, 0.15) is 29.3 Å². The van der Waals surface area contributed by atoms with Crippen LogP contribution >= 0.6 is 0 Å². The highest BCUT2D eigenvalue weighted by Crippen LogP contribution is 2.41. The summed E-state index contributed by atoms with van der Waals surface area (Å²) in [6, 6.07) is 5.48. The highest BCUT2D eigenvalue weighted by Gasteiger charge is 2.31. The first-order valence-electron chi connectivity index (χ1n) is 9.55. The smallest absolute Gasteiger partial charge is 0.261 e. The molecule has 5 rings (SSSR count). The minimum absolute atomic E-state index is 0.257. The van der Waals surface area contributed by atoms with Gasteiger partial charge >= 0.3 is 0 Å². The third-order valence-electron chi connectivity index (χ3n) is 4.87. The lowest BCUT2D eigenvalue weighted by atomic mass is 10.0. The van der Waals surface area contributed by atoms with E-state index in [1.165, 1.54) is 6.20 Å². The van der Waals surface area contributed by atoms with Gasteiger partial charge in [-0.25, -0.2) is 14.5 Å². The Labute approximate surface area is 172 Å². The molecule has 0 aliphatic carbocycles. The SMILES string of the molecule is CC1(C)Cc2cc(NC(=O)c3cnn4cccnc34)c(OCc3c[nH]cn3)cc2O1. The zero-order chi connectivity index (χ0) is 20.7. The molecule has 9 nitrogen and oxygen atoms in total. The molecule has 0 fully saturated rings. The zero-order valence-electron chi connectivity index (χ0n) is 16.5. The number of aromatic amines is 1. The summed E-state index contributed by atoms with van der Waals surface area (Å²) in [5.74, 6) is 0.950. The number of aromatic nitrogens is 5. The fraction of sp³-hybridized carbons (Fsp3) is 0.238. The number of rotatable bonds is 5. The van der Waals surface area contributed by atoms with Gasteiger partial charge in [-0.15, -0.1) is 0 Å². The molecule has 1 aliphatic rings. The number of nitrogens with one attached hydrogen (secondary N) is 2. The second-order valence-electron chi connectivity index (χ2n) is 7.74. The second kappa shape index (κ2) is 6.87. The van der Waals surface area contributed by atoms with Gasteiger partial charge in [0.05, 0.1) is 23.9 Å². The van der Waals surface area contributed by atoms with Gasteiger partial charge in [-0.2, -0.15) is 5.10 Å². The van der Waals surface area contributed by atoms with E-state index in [2.05, 4.69) is 25.4 Å². The highest BCUT2D eigenvalue weighted by molar-refractivity contribution is 6.08. The van der Waals surface area contributed by atoms with E-state index < -0.39 is 0 Å². The average molecular weight is 404 g/mol. The molecule has 9 heteroatoms. The van der Waals surface area contributed by atoms with Crippen LogP contribution < -0.4 is 14.8 Å². The predicted molar refractivity (Wildman–Crippen MR) is 109 cm³/mol. The van der Waals surface area contributed by atoms with Crippen molar-refractivity contribution >= 4 is 17.2 Å². The molecule has 0 unspecified atom stereocenters. The Bertz CT molecular complexity index is 1230. The molecule has 2 N–H and O–H groups in total. The number of amides is 1. The maximum atomic E-state index is 13.0. The number of H-pyrrole nitrogens is 1. The van der Waals surface area contributed by atoms with E-state index in [9.17, 15) is 4.79 Å². The number of hydrogen-bond donors (Lipinski definition) is 2. The van der Waals surface area contributed by atoms with Crippen molar-refractivity contribution in [3.05, 3.63) is 66.1 Å². The summed E-state index contributed by atoms with van der Waals surface area (Å²) in [5, 5.41) is 7.13. The van der Waals surface area contributed by atoms with Crippen LogP contribution in [-0.4, -0.2) is 36.1 Å². The summed E-state index contributed by atoms with van der Waals surface area (Å²) in [6.45, 7) is 4.31. The first-order valence-corrected chi connectivity index (χ1v) is 9.55. The Morgan fingerprint density at radius 3 is 3.10 bits per heavy atom. The van der Waals surface area contributed by atoms with Gasteiger partial charge in [-0.3, -0.25) is 4.79 Å². The molecule has 1 aromatic carbocycles. The van der Waals surface area contributed by atoms with Crippen LogP contribution in [0.15, 0.2) is 49.3 Å². The molecular weight excluding hydrogens is 384 g/mol. The van der Waals surface area contributed by atoms with Crippen LogP contribution in [0.1, 0.15) is 35.5 Å². The molecule has 0 spiro atoms. The van der Waals surface area contributed by atoms with Crippen molar-refractivity contribution in [2.45, 2.75) is 32.5 Å². The molecule has 0 atom stereocenters. The molecule has 0 radical (unpaired) electrons. The van der Waals surface area contributed by atoms with Crippen LogP contribution in [0.2, 0.25) is 0 Å². The lowest BCUT2D eigenvalue weighted by molar-refractivity contribution is 0.102. The van der Waals surface area contributed by atoms with E-state index in [-0.39, 0.29) is 18.1 Å². The van der Waals surface area contributed by atoms with Crippen molar-refractivity contribution in [2.75, 3.05) is 5.32 Å². The Hall–Kier alpha value is -3.88. The number of nitrogens with zero attached hydrogens (tertiary/aromatic N) is 4. The molecule has 0 saturated heterocycles. The fourth-order valence-corrected chi connectivity index (χ4v) is 3.55. The van der Waals surface area contributed by atoms with E-state index in [1.54, 1.807) is 35.5 Å². The van der Waals surface area contributed by atoms with Crippen LogP contribution in [0.3, 0.4) is 0 Å². The van der Waals surface area contributed by atoms with E-state index >= 15 is 0 Å². The van der Waals surface area contributed by atoms with Gasteiger partial charge in [0.25, 0.3) is 5.91 Å². The quantitative estimate of drug-likeness (QED) is 0.530.